The van der Waals surface area contributed by atoms with E-state index in [1.54, 1.807) is 6.92 Å². The molecule has 1 N–H and O–H groups in total. The number of aliphatic hydroxyl groups excluding tert-OH is 1. The molecule has 3 nitrogen and oxygen atoms in total. The minimum absolute atomic E-state index is 0. The summed E-state index contributed by atoms with van der Waals surface area (Å²) in [6, 6.07) is 7.87. The number of halogens is 3. The lowest BCUT2D eigenvalue weighted by atomic mass is 10.2. The van der Waals surface area contributed by atoms with Crippen LogP contribution >= 0.6 is 36.4 Å². The first-order chi connectivity index (χ1) is 8.70. The van der Waals surface area contributed by atoms with Gasteiger partial charge in [0.15, 0.2) is 6.23 Å². The van der Waals surface area contributed by atoms with Gasteiger partial charge in [0.2, 0.25) is 0 Å². The van der Waals surface area contributed by atoms with Gasteiger partial charge in [0.25, 0.3) is 0 Å². The lowest BCUT2D eigenvalue weighted by Crippen LogP contribution is -2.50. The summed E-state index contributed by atoms with van der Waals surface area (Å²) >= 11 is 5.99. The van der Waals surface area contributed by atoms with Crippen LogP contribution in [0, 0.1) is 11.8 Å². The molecule has 6 heteroatoms. The van der Waals surface area contributed by atoms with Crippen LogP contribution in [0.4, 0.5) is 5.69 Å². The molecular formula is C14H19Cl3N2O. The van der Waals surface area contributed by atoms with Crippen molar-refractivity contribution in [3.63, 3.8) is 0 Å². The van der Waals surface area contributed by atoms with Crippen LogP contribution in [0.1, 0.15) is 6.92 Å². The van der Waals surface area contributed by atoms with Gasteiger partial charge in [-0.15, -0.1) is 30.7 Å². The van der Waals surface area contributed by atoms with Crippen LogP contribution in [0.2, 0.25) is 5.02 Å². The number of hydrogen-bond donors (Lipinski definition) is 1. The largest absolute Gasteiger partial charge is 0.369 e. The molecule has 1 heterocycles. The molecule has 0 radical (unpaired) electrons. The summed E-state index contributed by atoms with van der Waals surface area (Å²) in [6.45, 7) is 5.11. The number of hydrogen-bond acceptors (Lipinski definition) is 3. The van der Waals surface area contributed by atoms with Crippen LogP contribution in [0.15, 0.2) is 24.3 Å². The summed E-state index contributed by atoms with van der Waals surface area (Å²) in [5, 5.41) is 10.5. The van der Waals surface area contributed by atoms with E-state index >= 15 is 0 Å². The Bertz CT molecular complexity index is 465. The minimum atomic E-state index is -0.642. The van der Waals surface area contributed by atoms with E-state index in [0.717, 1.165) is 36.9 Å². The van der Waals surface area contributed by atoms with Crippen molar-refractivity contribution in [1.29, 1.82) is 0 Å². The van der Waals surface area contributed by atoms with Gasteiger partial charge in [0, 0.05) is 36.9 Å². The van der Waals surface area contributed by atoms with E-state index in [1.165, 1.54) is 0 Å². The number of benzene rings is 1. The first-order valence-electron chi connectivity index (χ1n) is 6.05. The zero-order chi connectivity index (χ0) is 13.0. The van der Waals surface area contributed by atoms with Gasteiger partial charge in [0.05, 0.1) is 0 Å². The van der Waals surface area contributed by atoms with Crippen LogP contribution in [0.25, 0.3) is 0 Å². The molecule has 1 saturated heterocycles. The van der Waals surface area contributed by atoms with Gasteiger partial charge < -0.3 is 10.0 Å². The predicted molar refractivity (Wildman–Crippen MR) is 89.2 cm³/mol. The quantitative estimate of drug-likeness (QED) is 0.841. The molecule has 1 fully saturated rings. The number of rotatable bonds is 2. The lowest BCUT2D eigenvalue weighted by molar-refractivity contribution is 0.0452. The highest BCUT2D eigenvalue weighted by atomic mass is 35.5. The maximum Gasteiger partial charge on any atom is 0.170 e. The van der Waals surface area contributed by atoms with Gasteiger partial charge in [-0.25, -0.2) is 0 Å². The molecule has 20 heavy (non-hydrogen) atoms. The van der Waals surface area contributed by atoms with Crippen molar-refractivity contribution in [2.75, 3.05) is 31.1 Å². The Hall–Kier alpha value is -0.630. The Morgan fingerprint density at radius 2 is 1.85 bits per heavy atom. The van der Waals surface area contributed by atoms with E-state index < -0.39 is 6.23 Å². The van der Waals surface area contributed by atoms with Gasteiger partial charge in [-0.05, 0) is 25.1 Å². The van der Waals surface area contributed by atoms with Gasteiger partial charge in [-0.3, -0.25) is 4.90 Å². The molecule has 1 atom stereocenters. The van der Waals surface area contributed by atoms with Gasteiger partial charge in [0.1, 0.15) is 0 Å². The van der Waals surface area contributed by atoms with E-state index in [1.807, 2.05) is 23.1 Å². The van der Waals surface area contributed by atoms with Gasteiger partial charge in [-0.1, -0.05) is 23.6 Å². The Morgan fingerprint density at radius 3 is 2.40 bits per heavy atom. The predicted octanol–water partition coefficient (Wildman–Crippen LogP) is 2.65. The minimum Gasteiger partial charge on any atom is -0.369 e. The topological polar surface area (TPSA) is 26.7 Å². The fourth-order valence-electron chi connectivity index (χ4n) is 2.12. The van der Waals surface area contributed by atoms with E-state index in [4.69, 9.17) is 11.6 Å². The van der Waals surface area contributed by atoms with Crippen LogP contribution in [0.5, 0.6) is 0 Å². The van der Waals surface area contributed by atoms with Crippen molar-refractivity contribution < 1.29 is 5.11 Å². The Kier molecular flexibility index (Phi) is 9.04. The SMILES string of the molecule is CC#CC(O)N1CCN(c2cccc(Cl)c2)CC1.Cl.Cl. The summed E-state index contributed by atoms with van der Waals surface area (Å²) in [5.41, 5.74) is 1.14. The standard InChI is InChI=1S/C14H17ClN2O.2ClH/c1-2-4-14(18)17-9-7-16(8-10-17)13-6-3-5-12(15)11-13;;/h3,5-6,11,14,18H,7-10H2,1H3;2*1H. The summed E-state index contributed by atoms with van der Waals surface area (Å²) in [5.74, 6) is 5.51. The van der Waals surface area contributed by atoms with E-state index in [2.05, 4.69) is 22.8 Å². The lowest BCUT2D eigenvalue weighted by Gasteiger charge is -2.37. The van der Waals surface area contributed by atoms with Crippen LogP contribution in [-0.2, 0) is 0 Å². The fraction of sp³-hybridized carbons (Fsp3) is 0.429. The summed E-state index contributed by atoms with van der Waals surface area (Å²) in [6.07, 6.45) is -0.642. The van der Waals surface area contributed by atoms with Crippen molar-refractivity contribution in [3.8, 4) is 11.8 Å². The average Bonchev–Trinajstić information content (AvgIpc) is 2.39. The monoisotopic (exact) mass is 336 g/mol. The molecule has 1 aromatic carbocycles. The third-order valence-electron chi connectivity index (χ3n) is 3.11. The average molecular weight is 338 g/mol. The first-order valence-corrected chi connectivity index (χ1v) is 6.43. The second-order valence-corrected chi connectivity index (χ2v) is 4.71. The number of aliphatic hydroxyl groups is 1. The van der Waals surface area contributed by atoms with Crippen LogP contribution in [-0.4, -0.2) is 42.4 Å². The van der Waals surface area contributed by atoms with E-state index in [0.29, 0.717) is 0 Å². The molecule has 1 aliphatic rings. The van der Waals surface area contributed by atoms with Crippen LogP contribution in [0.3, 0.4) is 0 Å². The highest BCUT2D eigenvalue weighted by Gasteiger charge is 2.21. The second-order valence-electron chi connectivity index (χ2n) is 4.27. The maximum absolute atomic E-state index is 9.79. The Balaban J connectivity index is 0.00000180. The molecule has 0 spiro atoms. The number of anilines is 1. The molecule has 1 aliphatic heterocycles. The molecule has 112 valence electrons. The smallest absolute Gasteiger partial charge is 0.170 e. The highest BCUT2D eigenvalue weighted by Crippen LogP contribution is 2.20. The molecule has 0 aromatic heterocycles. The molecule has 2 rings (SSSR count). The summed E-state index contributed by atoms with van der Waals surface area (Å²) in [4.78, 5) is 4.26. The van der Waals surface area contributed by atoms with Crippen LogP contribution < -0.4 is 4.90 Å². The van der Waals surface area contributed by atoms with Gasteiger partial charge >= 0.3 is 0 Å². The van der Waals surface area contributed by atoms with Crippen molar-refractivity contribution in [2.24, 2.45) is 0 Å². The first kappa shape index (κ1) is 19.4. The molecule has 1 aromatic rings. The molecule has 0 aliphatic carbocycles. The Labute approximate surface area is 137 Å². The number of piperazine rings is 1. The molecular weight excluding hydrogens is 319 g/mol. The van der Waals surface area contributed by atoms with Crippen molar-refractivity contribution >= 4 is 42.1 Å². The molecule has 0 saturated carbocycles. The summed E-state index contributed by atoms with van der Waals surface area (Å²) < 4.78 is 0. The van der Waals surface area contributed by atoms with E-state index in [9.17, 15) is 5.11 Å². The Morgan fingerprint density at radius 1 is 1.20 bits per heavy atom. The number of nitrogens with zero attached hydrogens (tertiary/aromatic N) is 2. The molecule has 0 bridgehead atoms. The molecule has 0 amide bonds. The molecule has 1 unspecified atom stereocenters. The summed E-state index contributed by atoms with van der Waals surface area (Å²) in [7, 11) is 0. The third-order valence-corrected chi connectivity index (χ3v) is 3.34. The van der Waals surface area contributed by atoms with Crippen molar-refractivity contribution in [2.45, 2.75) is 13.2 Å². The zero-order valence-corrected chi connectivity index (χ0v) is 13.6. The fourth-order valence-corrected chi connectivity index (χ4v) is 2.30. The zero-order valence-electron chi connectivity index (χ0n) is 11.3. The van der Waals surface area contributed by atoms with Gasteiger partial charge in [-0.2, -0.15) is 0 Å². The van der Waals surface area contributed by atoms with E-state index in [-0.39, 0.29) is 24.8 Å². The van der Waals surface area contributed by atoms with Crippen molar-refractivity contribution in [3.05, 3.63) is 29.3 Å². The van der Waals surface area contributed by atoms with Crippen molar-refractivity contribution in [1.82, 2.24) is 4.90 Å². The highest BCUT2D eigenvalue weighted by molar-refractivity contribution is 6.30. The third kappa shape index (κ3) is 5.05. The maximum atomic E-state index is 9.79. The normalized spacial score (nSPS) is 16.2. The second kappa shape index (κ2) is 9.33.